The monoisotopic (exact) mass is 992 g/mol. The molecule has 22 unspecified atom stereocenters. The molecule has 21 heteroatoms. The molecule has 0 spiro atoms. The van der Waals surface area contributed by atoms with Crippen LogP contribution in [0.5, 0.6) is 0 Å². The van der Waals surface area contributed by atoms with Gasteiger partial charge in [-0.2, -0.15) is 8.42 Å². The van der Waals surface area contributed by atoms with Gasteiger partial charge in [0.1, 0.15) is 67.1 Å². The summed E-state index contributed by atoms with van der Waals surface area (Å²) in [5.74, 6) is -0.206. The van der Waals surface area contributed by atoms with Gasteiger partial charge in [-0.15, -0.1) is 0 Å². The molecule has 4 saturated carbocycles. The molecule has 0 aromatic carbocycles. The van der Waals surface area contributed by atoms with Gasteiger partial charge in [0.25, 0.3) is 0 Å². The van der Waals surface area contributed by atoms with Crippen LogP contribution in [0.4, 0.5) is 0 Å². The van der Waals surface area contributed by atoms with E-state index in [9.17, 15) is 63.7 Å². The van der Waals surface area contributed by atoms with Crippen molar-refractivity contribution in [1.29, 1.82) is 0 Å². The molecule has 20 nitrogen and oxygen atoms in total. The van der Waals surface area contributed by atoms with Crippen molar-refractivity contribution < 1.29 is 96.3 Å². The van der Waals surface area contributed by atoms with Crippen LogP contribution >= 0.6 is 0 Å². The highest BCUT2D eigenvalue weighted by Gasteiger charge is 2.70. The molecule has 8 aliphatic rings. The Morgan fingerprint density at radius 2 is 1.35 bits per heavy atom. The van der Waals surface area contributed by atoms with Crippen molar-refractivity contribution in [2.75, 3.05) is 19.8 Å². The highest BCUT2D eigenvalue weighted by Crippen LogP contribution is 2.76. The largest absolute Gasteiger partial charge is 0.432 e. The number of hydrogen-bond acceptors (Lipinski definition) is 19. The van der Waals surface area contributed by atoms with Crippen molar-refractivity contribution in [3.8, 4) is 0 Å². The third-order valence-electron chi connectivity index (χ3n) is 19.1. The summed E-state index contributed by atoms with van der Waals surface area (Å²) in [6.45, 7) is 14.2. The van der Waals surface area contributed by atoms with Crippen molar-refractivity contribution in [1.82, 2.24) is 0 Å². The van der Waals surface area contributed by atoms with Crippen molar-refractivity contribution in [3.05, 3.63) is 11.6 Å². The summed E-state index contributed by atoms with van der Waals surface area (Å²) >= 11 is 0. The van der Waals surface area contributed by atoms with Crippen LogP contribution in [0.3, 0.4) is 0 Å². The molecule has 0 aromatic rings. The maximum Gasteiger partial charge on any atom is 0.397 e. The number of carbonyl (C=O) groups excluding carboxylic acids is 1. The molecule has 22 atom stereocenters. The van der Waals surface area contributed by atoms with Crippen LogP contribution in [0.1, 0.15) is 113 Å². The first-order valence-electron chi connectivity index (χ1n) is 24.4. The van der Waals surface area contributed by atoms with Gasteiger partial charge in [-0.05, 0) is 109 Å². The maximum atomic E-state index is 14.7. The third-order valence-corrected chi connectivity index (χ3v) is 19.6. The molecule has 0 radical (unpaired) electrons. The van der Waals surface area contributed by atoms with Crippen molar-refractivity contribution >= 4 is 16.4 Å². The molecule has 0 bridgehead atoms. The van der Waals surface area contributed by atoms with Crippen molar-refractivity contribution in [2.24, 2.45) is 50.2 Å². The highest BCUT2D eigenvalue weighted by atomic mass is 32.3. The molecule has 5 aliphatic carbocycles. The zero-order valence-electron chi connectivity index (χ0n) is 40.1. The van der Waals surface area contributed by atoms with E-state index >= 15 is 0 Å². The maximum absolute atomic E-state index is 14.7. The minimum absolute atomic E-state index is 0.0658. The quantitative estimate of drug-likeness (QED) is 0.0620. The number of aliphatic hydroxyl groups excluding tert-OH is 9. The first kappa shape index (κ1) is 52.8. The third kappa shape index (κ3) is 8.65. The number of rotatable bonds is 10. The fourth-order valence-corrected chi connectivity index (χ4v) is 15.5. The SMILES string of the molecule is CC1(C)CCC2(C(=O)OC3OC(CO)C(O)C(O)C3O)CCC3(C)C(=CCC4C5(C)CCC(OC6OCC(O)C(OC7OC(CO)C(OS(=O)(=O)O)C(O)C7O)C6O)C(C)(C)C5CCC43C)C2C1. The summed E-state index contributed by atoms with van der Waals surface area (Å²) in [7, 11) is -5.12. The average molecular weight is 993 g/mol. The predicted octanol–water partition coefficient (Wildman–Crippen LogP) is 0.607. The van der Waals surface area contributed by atoms with Crippen LogP contribution in [-0.2, 0) is 47.8 Å². The molecule has 8 rings (SSSR count). The predicted molar refractivity (Wildman–Crippen MR) is 235 cm³/mol. The molecular formula is C47H76O20S. The Hall–Kier alpha value is -1.48. The van der Waals surface area contributed by atoms with E-state index in [0.717, 1.165) is 44.9 Å². The van der Waals surface area contributed by atoms with E-state index < -0.39 is 133 Å². The lowest BCUT2D eigenvalue weighted by molar-refractivity contribution is -0.355. The second-order valence-electron chi connectivity index (χ2n) is 23.5. The number of allylic oxidation sites excluding steroid dienone is 2. The molecular weight excluding hydrogens is 917 g/mol. The van der Waals surface area contributed by atoms with Crippen molar-refractivity contribution in [3.63, 3.8) is 0 Å². The highest BCUT2D eigenvalue weighted by molar-refractivity contribution is 7.80. The second kappa shape index (κ2) is 18.5. The zero-order chi connectivity index (χ0) is 49.9. The molecule has 10 N–H and O–H groups in total. The Kier molecular flexibility index (Phi) is 14.3. The van der Waals surface area contributed by atoms with E-state index in [0.29, 0.717) is 19.3 Å². The van der Waals surface area contributed by atoms with E-state index in [1.807, 2.05) is 0 Å². The van der Waals surface area contributed by atoms with Gasteiger partial charge in [-0.3, -0.25) is 9.35 Å². The number of aliphatic hydroxyl groups is 9. The number of hydrogen-bond donors (Lipinski definition) is 10. The van der Waals surface area contributed by atoms with Gasteiger partial charge >= 0.3 is 16.4 Å². The standard InChI is InChI=1S/C47H76O20S/c1-42(2)14-16-47(41(57)66-40-33(54)31(52)30(51)25(19-48)62-40)17-15-45(6)22(23(47)18-42)8-9-28-44(5)12-11-29(43(3,4)27(44)10-13-46(28,45)7)64-38-35(56)36(24(50)21-61-38)65-39-34(55)32(53)37(26(20-49)63-39)67-68(58,59)60/h8,23-40,48-56H,9-21H2,1-7H3,(H,58,59,60). The van der Waals surface area contributed by atoms with Crippen LogP contribution in [-0.4, -0.2) is 177 Å². The summed E-state index contributed by atoms with van der Waals surface area (Å²) in [6, 6.07) is 0. The number of fused-ring (bicyclic) bond motifs is 7. The van der Waals surface area contributed by atoms with E-state index in [2.05, 4.69) is 58.7 Å². The van der Waals surface area contributed by atoms with Gasteiger partial charge in [-0.25, -0.2) is 4.18 Å². The average Bonchev–Trinajstić information content (AvgIpc) is 3.26. The first-order valence-corrected chi connectivity index (χ1v) is 25.7. The number of carbonyl (C=O) groups is 1. The number of ether oxygens (including phenoxy) is 6. The van der Waals surface area contributed by atoms with Crippen LogP contribution in [0.2, 0.25) is 0 Å². The molecule has 68 heavy (non-hydrogen) atoms. The minimum Gasteiger partial charge on any atom is -0.432 e. The topological polar surface area (TPSA) is 318 Å². The molecule has 390 valence electrons. The van der Waals surface area contributed by atoms with Gasteiger partial charge in [0.2, 0.25) is 6.29 Å². The molecule has 0 amide bonds. The van der Waals surface area contributed by atoms with E-state index in [1.54, 1.807) is 0 Å². The Balaban J connectivity index is 0.989. The van der Waals surface area contributed by atoms with E-state index in [-0.39, 0.29) is 46.0 Å². The summed E-state index contributed by atoms with van der Waals surface area (Å²) in [6.07, 6.45) is -13.4. The van der Waals surface area contributed by atoms with Gasteiger partial charge in [0, 0.05) is 0 Å². The van der Waals surface area contributed by atoms with Crippen LogP contribution in [0, 0.1) is 50.2 Å². The van der Waals surface area contributed by atoms with Gasteiger partial charge in [0.05, 0.1) is 31.3 Å². The van der Waals surface area contributed by atoms with E-state index in [1.165, 1.54) is 5.57 Å². The minimum atomic E-state index is -5.12. The zero-order valence-corrected chi connectivity index (χ0v) is 40.9. The molecule has 0 aromatic heterocycles. The summed E-state index contributed by atoms with van der Waals surface area (Å²) in [5, 5.41) is 95.4. The summed E-state index contributed by atoms with van der Waals surface area (Å²) in [4.78, 5) is 14.7. The fourth-order valence-electron chi connectivity index (χ4n) is 15.0. The number of esters is 1. The van der Waals surface area contributed by atoms with Gasteiger partial charge in [-0.1, -0.05) is 60.1 Å². The van der Waals surface area contributed by atoms with Crippen LogP contribution < -0.4 is 0 Å². The normalized spacial score (nSPS) is 51.2. The molecule has 3 aliphatic heterocycles. The van der Waals surface area contributed by atoms with E-state index in [4.69, 9.17) is 28.4 Å². The summed E-state index contributed by atoms with van der Waals surface area (Å²) in [5.41, 5.74) is -0.700. The second-order valence-corrected chi connectivity index (χ2v) is 24.6. The molecule has 7 fully saturated rings. The Morgan fingerprint density at radius 1 is 0.706 bits per heavy atom. The van der Waals surface area contributed by atoms with Gasteiger partial charge < -0.3 is 74.4 Å². The lowest BCUT2D eigenvalue weighted by Gasteiger charge is -2.71. The molecule has 3 heterocycles. The van der Waals surface area contributed by atoms with Gasteiger partial charge in [0.15, 0.2) is 12.6 Å². The van der Waals surface area contributed by atoms with Crippen LogP contribution in [0.15, 0.2) is 11.6 Å². The van der Waals surface area contributed by atoms with Crippen LogP contribution in [0.25, 0.3) is 0 Å². The molecule has 3 saturated heterocycles. The summed E-state index contributed by atoms with van der Waals surface area (Å²) < 4.78 is 71.9. The lowest BCUT2D eigenvalue weighted by atomic mass is 9.33. The lowest BCUT2D eigenvalue weighted by Crippen LogP contribution is -2.66. The first-order chi connectivity index (χ1) is 31.6. The Labute approximate surface area is 398 Å². The smallest absolute Gasteiger partial charge is 0.397 e. The Morgan fingerprint density at radius 3 is 2.01 bits per heavy atom. The fraction of sp³-hybridized carbons (Fsp3) is 0.936. The van der Waals surface area contributed by atoms with Crippen molar-refractivity contribution in [2.45, 2.75) is 205 Å². The Bertz CT molecular complexity index is 2000.